The number of thiazole rings is 1. The smallest absolute Gasteiger partial charge is 0.142 e. The maximum atomic E-state index is 13.0. The summed E-state index contributed by atoms with van der Waals surface area (Å²) in [7, 11) is 0. The van der Waals surface area contributed by atoms with Crippen LogP contribution >= 0.6 is 11.3 Å². The second-order valence-electron chi connectivity index (χ2n) is 5.78. The lowest BCUT2D eigenvalue weighted by molar-refractivity contribution is 0.202. The van der Waals surface area contributed by atoms with Crippen molar-refractivity contribution in [2.45, 2.75) is 19.4 Å². The molecule has 1 atom stereocenters. The zero-order chi connectivity index (χ0) is 16.5. The van der Waals surface area contributed by atoms with Crippen LogP contribution in [0.25, 0.3) is 21.8 Å². The van der Waals surface area contributed by atoms with Gasteiger partial charge in [-0.05, 0) is 48.9 Å². The summed E-state index contributed by atoms with van der Waals surface area (Å²) in [5.41, 5.74) is 3.85. The number of rotatable bonds is 3. The van der Waals surface area contributed by atoms with Crippen molar-refractivity contribution >= 4 is 17.0 Å². The van der Waals surface area contributed by atoms with Crippen molar-refractivity contribution in [3.63, 3.8) is 0 Å². The van der Waals surface area contributed by atoms with Crippen molar-refractivity contribution in [1.82, 2.24) is 4.98 Å². The summed E-state index contributed by atoms with van der Waals surface area (Å²) in [6.45, 7) is 2.95. The van der Waals surface area contributed by atoms with Gasteiger partial charge in [0.15, 0.2) is 0 Å². The molecule has 0 saturated carbocycles. The Bertz CT molecular complexity index is 860. The fraction of sp³-hybridized carbons (Fsp3) is 0.211. The Morgan fingerprint density at radius 3 is 2.79 bits per heavy atom. The van der Waals surface area contributed by atoms with E-state index < -0.39 is 0 Å². The molecule has 1 aliphatic rings. The average molecular weight is 340 g/mol. The molecule has 0 fully saturated rings. The molecule has 5 heteroatoms. The summed E-state index contributed by atoms with van der Waals surface area (Å²) >= 11 is 1.58. The first-order valence-corrected chi connectivity index (χ1v) is 8.87. The van der Waals surface area contributed by atoms with Crippen molar-refractivity contribution < 1.29 is 9.13 Å². The molecule has 122 valence electrons. The molecule has 2 aromatic carbocycles. The first-order chi connectivity index (χ1) is 11.7. The van der Waals surface area contributed by atoms with Gasteiger partial charge >= 0.3 is 0 Å². The zero-order valence-electron chi connectivity index (χ0n) is 13.3. The van der Waals surface area contributed by atoms with Crippen molar-refractivity contribution in [3.05, 3.63) is 53.7 Å². The normalized spacial score (nSPS) is 16.2. The van der Waals surface area contributed by atoms with Crippen molar-refractivity contribution in [1.29, 1.82) is 0 Å². The highest BCUT2D eigenvalue weighted by Gasteiger charge is 2.18. The standard InChI is InChI=1S/C19H17FN2OS/c1-2-15-10-21-16-9-13(5-8-18(16)23-15)19-22-17(11-24-19)12-3-6-14(20)7-4-12/h3-9,11,15,21H,2,10H2,1H3. The number of ether oxygens (including phenoxy) is 1. The maximum absolute atomic E-state index is 13.0. The number of aromatic nitrogens is 1. The van der Waals surface area contributed by atoms with E-state index >= 15 is 0 Å². The predicted octanol–water partition coefficient (Wildman–Crippen LogP) is 5.20. The van der Waals surface area contributed by atoms with Crippen LogP contribution in [0.4, 0.5) is 10.1 Å². The third kappa shape index (κ3) is 2.87. The van der Waals surface area contributed by atoms with Gasteiger partial charge in [0.25, 0.3) is 0 Å². The number of fused-ring (bicyclic) bond motifs is 1. The summed E-state index contributed by atoms with van der Waals surface area (Å²) < 4.78 is 19.0. The molecule has 4 rings (SSSR count). The molecule has 2 heterocycles. The minimum Gasteiger partial charge on any atom is -0.486 e. The summed E-state index contributed by atoms with van der Waals surface area (Å²) in [5.74, 6) is 0.660. The van der Waals surface area contributed by atoms with Crippen LogP contribution in [0.3, 0.4) is 0 Å². The Labute approximate surface area is 144 Å². The SMILES string of the molecule is CCC1CNc2cc(-c3nc(-c4ccc(F)cc4)cs3)ccc2O1. The molecule has 1 N–H and O–H groups in total. The number of benzene rings is 2. The summed E-state index contributed by atoms with van der Waals surface area (Å²) in [5, 5.41) is 6.37. The van der Waals surface area contributed by atoms with Crippen LogP contribution in [-0.2, 0) is 0 Å². The first kappa shape index (κ1) is 15.1. The second kappa shape index (κ2) is 6.24. The molecule has 0 radical (unpaired) electrons. The molecule has 0 spiro atoms. The number of hydrogen-bond donors (Lipinski definition) is 1. The van der Waals surface area contributed by atoms with Gasteiger partial charge in [0.05, 0.1) is 17.9 Å². The fourth-order valence-corrected chi connectivity index (χ4v) is 3.56. The van der Waals surface area contributed by atoms with Gasteiger partial charge in [-0.1, -0.05) is 6.92 Å². The topological polar surface area (TPSA) is 34.2 Å². The van der Waals surface area contributed by atoms with Crippen LogP contribution in [-0.4, -0.2) is 17.6 Å². The Morgan fingerprint density at radius 2 is 2.00 bits per heavy atom. The van der Waals surface area contributed by atoms with Crippen molar-refractivity contribution in [2.24, 2.45) is 0 Å². The molecule has 1 aromatic heterocycles. The lowest BCUT2D eigenvalue weighted by Gasteiger charge is -2.26. The Morgan fingerprint density at radius 1 is 1.21 bits per heavy atom. The van der Waals surface area contributed by atoms with Crippen LogP contribution in [0.2, 0.25) is 0 Å². The molecule has 0 bridgehead atoms. The van der Waals surface area contributed by atoms with Gasteiger partial charge in [-0.3, -0.25) is 0 Å². The maximum Gasteiger partial charge on any atom is 0.142 e. The van der Waals surface area contributed by atoms with Crippen molar-refractivity contribution in [2.75, 3.05) is 11.9 Å². The number of nitrogens with zero attached hydrogens (tertiary/aromatic N) is 1. The highest BCUT2D eigenvalue weighted by molar-refractivity contribution is 7.13. The van der Waals surface area contributed by atoms with Crippen LogP contribution in [0.15, 0.2) is 47.8 Å². The lowest BCUT2D eigenvalue weighted by atomic mass is 10.1. The summed E-state index contributed by atoms with van der Waals surface area (Å²) in [6.07, 6.45) is 1.22. The second-order valence-corrected chi connectivity index (χ2v) is 6.64. The van der Waals surface area contributed by atoms with Gasteiger partial charge in [-0.15, -0.1) is 11.3 Å². The molecular weight excluding hydrogens is 323 g/mol. The lowest BCUT2D eigenvalue weighted by Crippen LogP contribution is -2.29. The molecule has 24 heavy (non-hydrogen) atoms. The van der Waals surface area contributed by atoms with Crippen molar-refractivity contribution in [3.8, 4) is 27.6 Å². The largest absolute Gasteiger partial charge is 0.486 e. The Balaban J connectivity index is 1.62. The van der Waals surface area contributed by atoms with Crippen LogP contribution in [0.5, 0.6) is 5.75 Å². The van der Waals surface area contributed by atoms with Crippen LogP contribution < -0.4 is 10.1 Å². The molecule has 1 aliphatic heterocycles. The molecule has 3 nitrogen and oxygen atoms in total. The van der Waals surface area contributed by atoms with E-state index in [1.54, 1.807) is 23.5 Å². The van der Waals surface area contributed by atoms with Gasteiger partial charge in [-0.25, -0.2) is 9.37 Å². The number of nitrogens with one attached hydrogen (secondary N) is 1. The van der Waals surface area contributed by atoms with E-state index in [4.69, 9.17) is 4.74 Å². The number of anilines is 1. The molecule has 0 aliphatic carbocycles. The number of halogens is 1. The van der Waals surface area contributed by atoms with Gasteiger partial charge in [-0.2, -0.15) is 0 Å². The first-order valence-electron chi connectivity index (χ1n) is 7.99. The highest BCUT2D eigenvalue weighted by atomic mass is 32.1. The molecule has 3 aromatic rings. The third-order valence-corrected chi connectivity index (χ3v) is 5.03. The van der Waals surface area contributed by atoms with Crippen LogP contribution in [0.1, 0.15) is 13.3 Å². The Kier molecular flexibility index (Phi) is 3.94. The quantitative estimate of drug-likeness (QED) is 0.711. The van der Waals surface area contributed by atoms with E-state index in [0.29, 0.717) is 0 Å². The zero-order valence-corrected chi connectivity index (χ0v) is 14.1. The third-order valence-electron chi connectivity index (χ3n) is 4.14. The van der Waals surface area contributed by atoms with Crippen LogP contribution in [0, 0.1) is 5.82 Å². The van der Waals surface area contributed by atoms with Gasteiger partial charge in [0, 0.05) is 16.5 Å². The fourth-order valence-electron chi connectivity index (χ4n) is 2.74. The minimum absolute atomic E-state index is 0.230. The number of hydrogen-bond acceptors (Lipinski definition) is 4. The van der Waals surface area contributed by atoms with E-state index in [1.807, 2.05) is 17.5 Å². The van der Waals surface area contributed by atoms with E-state index in [2.05, 4.69) is 23.3 Å². The minimum atomic E-state index is -0.236. The summed E-state index contributed by atoms with van der Waals surface area (Å²) in [6, 6.07) is 12.5. The monoisotopic (exact) mass is 340 g/mol. The Hall–Kier alpha value is -2.40. The molecule has 0 saturated heterocycles. The predicted molar refractivity (Wildman–Crippen MR) is 96.1 cm³/mol. The van der Waals surface area contributed by atoms with Gasteiger partial charge in [0.2, 0.25) is 0 Å². The highest BCUT2D eigenvalue weighted by Crippen LogP contribution is 2.36. The van der Waals surface area contributed by atoms with Gasteiger partial charge < -0.3 is 10.1 Å². The molecule has 0 amide bonds. The van der Waals surface area contributed by atoms with Gasteiger partial charge in [0.1, 0.15) is 22.7 Å². The van der Waals surface area contributed by atoms with E-state index in [1.165, 1.54) is 12.1 Å². The van der Waals surface area contributed by atoms with E-state index in [0.717, 1.165) is 46.2 Å². The molecule has 1 unspecified atom stereocenters. The van der Waals surface area contributed by atoms with E-state index in [9.17, 15) is 4.39 Å². The summed E-state index contributed by atoms with van der Waals surface area (Å²) in [4.78, 5) is 4.69. The molecular formula is C19H17FN2OS. The van der Waals surface area contributed by atoms with E-state index in [-0.39, 0.29) is 11.9 Å². The average Bonchev–Trinajstić information content (AvgIpc) is 3.11.